The van der Waals surface area contributed by atoms with Crippen LogP contribution in [0.3, 0.4) is 0 Å². The zero-order valence-corrected chi connectivity index (χ0v) is 20.8. The van der Waals surface area contributed by atoms with E-state index in [1.54, 1.807) is 43.5 Å². The topological polar surface area (TPSA) is 87.1 Å². The van der Waals surface area contributed by atoms with Gasteiger partial charge in [0.2, 0.25) is 0 Å². The number of aromatic hydroxyl groups is 1. The van der Waals surface area contributed by atoms with E-state index in [2.05, 4.69) is 0 Å². The number of nitrogens with zero attached hydrogens (tertiary/aromatic N) is 1. The first kappa shape index (κ1) is 24.6. The molecule has 1 aliphatic heterocycles. The van der Waals surface area contributed by atoms with Crippen LogP contribution in [0.15, 0.2) is 66.2 Å². The van der Waals surface area contributed by atoms with Crippen LogP contribution >= 0.6 is 23.2 Å². The number of hydrogen-bond donors (Lipinski definition) is 2. The first-order valence-electron chi connectivity index (χ1n) is 10.9. The number of aliphatic hydroxyl groups is 1. The van der Waals surface area contributed by atoms with E-state index in [1.807, 2.05) is 13.8 Å². The van der Waals surface area contributed by atoms with E-state index in [0.29, 0.717) is 27.6 Å². The molecule has 0 aromatic heterocycles. The number of amides is 1. The number of anilines is 1. The molecule has 1 saturated heterocycles. The summed E-state index contributed by atoms with van der Waals surface area (Å²) in [4.78, 5) is 27.8. The van der Waals surface area contributed by atoms with Crippen molar-refractivity contribution >= 4 is 46.3 Å². The molecule has 180 valence electrons. The number of aliphatic hydroxyl groups excluding tert-OH is 1. The number of methoxy groups -OCH3 is 1. The van der Waals surface area contributed by atoms with E-state index in [0.717, 1.165) is 5.56 Å². The lowest BCUT2D eigenvalue weighted by Crippen LogP contribution is -2.29. The van der Waals surface area contributed by atoms with Crippen molar-refractivity contribution in [3.8, 4) is 11.5 Å². The highest BCUT2D eigenvalue weighted by Gasteiger charge is 2.47. The second kappa shape index (κ2) is 9.64. The van der Waals surface area contributed by atoms with Crippen LogP contribution in [-0.2, 0) is 9.59 Å². The lowest BCUT2D eigenvalue weighted by Gasteiger charge is -2.26. The van der Waals surface area contributed by atoms with Gasteiger partial charge in [-0.05, 0) is 65.6 Å². The molecule has 3 aromatic carbocycles. The molecule has 1 aliphatic rings. The van der Waals surface area contributed by atoms with E-state index in [-0.39, 0.29) is 28.0 Å². The molecule has 6 nitrogen and oxygen atoms in total. The van der Waals surface area contributed by atoms with Gasteiger partial charge >= 0.3 is 0 Å². The van der Waals surface area contributed by atoms with E-state index >= 15 is 0 Å². The van der Waals surface area contributed by atoms with Crippen LogP contribution in [0.2, 0.25) is 10.0 Å². The first-order valence-corrected chi connectivity index (χ1v) is 11.6. The van der Waals surface area contributed by atoms with Crippen LogP contribution in [0, 0.1) is 0 Å². The summed E-state index contributed by atoms with van der Waals surface area (Å²) in [6.45, 7) is 3.97. The zero-order chi connectivity index (χ0) is 25.4. The Morgan fingerprint density at radius 3 is 2.26 bits per heavy atom. The van der Waals surface area contributed by atoms with Crippen molar-refractivity contribution in [3.05, 3.63) is 93.0 Å². The standard InChI is InChI=1S/C27H23Cl2NO5/c1-14(2)19-12-16(6-11-22(19)35-3)25(32)23-24(15-4-8-18(31)9-5-15)30(27(34)26(23)33)17-7-10-20(28)21(29)13-17/h4-14,24,31-32H,1-3H3/b25-23-. The SMILES string of the molecule is COc1ccc(/C(O)=C2/C(=O)C(=O)N(c3ccc(Cl)c(Cl)c3)C2c2ccc(O)cc2)cc1C(C)C. The van der Waals surface area contributed by atoms with Gasteiger partial charge in [-0.15, -0.1) is 0 Å². The molecule has 0 bridgehead atoms. The number of phenolic OH excluding ortho intramolecular Hbond substituents is 1. The summed E-state index contributed by atoms with van der Waals surface area (Å²) < 4.78 is 5.43. The van der Waals surface area contributed by atoms with Crippen LogP contribution in [0.4, 0.5) is 5.69 Å². The smallest absolute Gasteiger partial charge is 0.300 e. The third-order valence-corrected chi connectivity index (χ3v) is 6.70. The van der Waals surface area contributed by atoms with Crippen LogP contribution in [0.1, 0.15) is 42.5 Å². The molecule has 1 heterocycles. The molecular formula is C27H23Cl2NO5. The average Bonchev–Trinajstić information content (AvgIpc) is 3.10. The number of carbonyl (C=O) groups is 2. The fraction of sp³-hybridized carbons (Fsp3) is 0.185. The van der Waals surface area contributed by atoms with E-state index < -0.39 is 17.7 Å². The zero-order valence-electron chi connectivity index (χ0n) is 19.3. The number of halogens is 2. The molecule has 0 spiro atoms. The Morgan fingerprint density at radius 2 is 1.66 bits per heavy atom. The Labute approximate surface area is 213 Å². The normalized spacial score (nSPS) is 17.3. The fourth-order valence-electron chi connectivity index (χ4n) is 4.19. The summed E-state index contributed by atoms with van der Waals surface area (Å²) in [5, 5.41) is 21.7. The van der Waals surface area contributed by atoms with Crippen LogP contribution in [-0.4, -0.2) is 29.0 Å². The number of carbonyl (C=O) groups excluding carboxylic acids is 2. The molecule has 35 heavy (non-hydrogen) atoms. The molecule has 1 unspecified atom stereocenters. The van der Waals surface area contributed by atoms with Gasteiger partial charge in [-0.2, -0.15) is 0 Å². The molecule has 0 aliphatic carbocycles. The van der Waals surface area contributed by atoms with Crippen molar-refractivity contribution in [2.45, 2.75) is 25.8 Å². The van der Waals surface area contributed by atoms with Gasteiger partial charge in [0.25, 0.3) is 11.7 Å². The van der Waals surface area contributed by atoms with Crippen molar-refractivity contribution in [1.82, 2.24) is 0 Å². The minimum atomic E-state index is -0.961. The fourth-order valence-corrected chi connectivity index (χ4v) is 4.49. The predicted molar refractivity (Wildman–Crippen MR) is 136 cm³/mol. The molecule has 0 saturated carbocycles. The van der Waals surface area contributed by atoms with Gasteiger partial charge in [0.1, 0.15) is 17.3 Å². The number of ketones is 1. The molecule has 0 radical (unpaired) electrons. The minimum Gasteiger partial charge on any atom is -0.508 e. The Bertz CT molecular complexity index is 1350. The number of hydrogen-bond acceptors (Lipinski definition) is 5. The van der Waals surface area contributed by atoms with E-state index in [9.17, 15) is 19.8 Å². The van der Waals surface area contributed by atoms with Gasteiger partial charge in [-0.25, -0.2) is 0 Å². The molecule has 4 rings (SSSR count). The maximum Gasteiger partial charge on any atom is 0.300 e. The average molecular weight is 512 g/mol. The summed E-state index contributed by atoms with van der Waals surface area (Å²) in [5.74, 6) is -1.20. The first-order chi connectivity index (χ1) is 16.6. The molecule has 1 atom stereocenters. The molecule has 2 N–H and O–H groups in total. The summed E-state index contributed by atoms with van der Waals surface area (Å²) >= 11 is 12.3. The van der Waals surface area contributed by atoms with Crippen molar-refractivity contribution < 1.29 is 24.5 Å². The van der Waals surface area contributed by atoms with Gasteiger partial charge < -0.3 is 14.9 Å². The second-order valence-electron chi connectivity index (χ2n) is 8.47. The third kappa shape index (κ3) is 4.47. The highest BCUT2D eigenvalue weighted by atomic mass is 35.5. The summed E-state index contributed by atoms with van der Waals surface area (Å²) in [6, 6.07) is 14.8. The van der Waals surface area contributed by atoms with Gasteiger partial charge in [-0.1, -0.05) is 49.2 Å². The minimum absolute atomic E-state index is 0.0250. The van der Waals surface area contributed by atoms with Crippen molar-refractivity contribution in [1.29, 1.82) is 0 Å². The maximum absolute atomic E-state index is 13.3. The predicted octanol–water partition coefficient (Wildman–Crippen LogP) is 6.46. The lowest BCUT2D eigenvalue weighted by molar-refractivity contribution is -0.132. The van der Waals surface area contributed by atoms with Gasteiger partial charge in [0.15, 0.2) is 0 Å². The Hall–Kier alpha value is -3.48. The van der Waals surface area contributed by atoms with Gasteiger partial charge in [0.05, 0.1) is 28.8 Å². The quantitative estimate of drug-likeness (QED) is 0.233. The number of phenols is 1. The number of Topliss-reactive ketones (excluding diaryl/α,β-unsaturated/α-hetero) is 1. The molecule has 8 heteroatoms. The Morgan fingerprint density at radius 1 is 0.971 bits per heavy atom. The molecule has 1 amide bonds. The van der Waals surface area contributed by atoms with Gasteiger partial charge in [0, 0.05) is 11.3 Å². The van der Waals surface area contributed by atoms with Crippen LogP contribution < -0.4 is 9.64 Å². The van der Waals surface area contributed by atoms with Crippen molar-refractivity contribution in [2.24, 2.45) is 0 Å². The highest BCUT2D eigenvalue weighted by Crippen LogP contribution is 2.44. The van der Waals surface area contributed by atoms with E-state index in [1.165, 1.54) is 29.2 Å². The Kier molecular flexibility index (Phi) is 6.79. The molecule has 1 fully saturated rings. The number of ether oxygens (including phenoxy) is 1. The lowest BCUT2D eigenvalue weighted by atomic mass is 9.93. The second-order valence-corrected chi connectivity index (χ2v) is 9.28. The van der Waals surface area contributed by atoms with Crippen LogP contribution in [0.25, 0.3) is 5.76 Å². The van der Waals surface area contributed by atoms with Crippen molar-refractivity contribution in [2.75, 3.05) is 12.0 Å². The number of benzene rings is 3. The Balaban J connectivity index is 1.95. The molecular weight excluding hydrogens is 489 g/mol. The van der Waals surface area contributed by atoms with Crippen molar-refractivity contribution in [3.63, 3.8) is 0 Å². The summed E-state index contributed by atoms with van der Waals surface area (Å²) in [6.07, 6.45) is 0. The van der Waals surface area contributed by atoms with Gasteiger partial charge in [-0.3, -0.25) is 14.5 Å². The third-order valence-electron chi connectivity index (χ3n) is 5.96. The summed E-state index contributed by atoms with van der Waals surface area (Å²) in [5.41, 5.74) is 2.01. The summed E-state index contributed by atoms with van der Waals surface area (Å²) in [7, 11) is 1.56. The highest BCUT2D eigenvalue weighted by molar-refractivity contribution is 6.52. The van der Waals surface area contributed by atoms with Crippen LogP contribution in [0.5, 0.6) is 11.5 Å². The molecule has 3 aromatic rings. The largest absolute Gasteiger partial charge is 0.508 e. The monoisotopic (exact) mass is 511 g/mol. The number of rotatable bonds is 5. The maximum atomic E-state index is 13.3. The van der Waals surface area contributed by atoms with E-state index in [4.69, 9.17) is 27.9 Å².